The molecule has 2 aliphatic heterocycles. The summed E-state index contributed by atoms with van der Waals surface area (Å²) in [5.74, 6) is -0.550. The maximum atomic E-state index is 14.3. The second-order valence-electron chi connectivity index (χ2n) is 10.5. The van der Waals surface area contributed by atoms with Gasteiger partial charge in [-0.1, -0.05) is 17.7 Å². The van der Waals surface area contributed by atoms with E-state index in [-0.39, 0.29) is 10.9 Å². The molecule has 9 nitrogen and oxygen atoms in total. The third-order valence-electron chi connectivity index (χ3n) is 8.17. The number of halogens is 2. The Morgan fingerprint density at radius 2 is 2.08 bits per heavy atom. The Balaban J connectivity index is 1.03. The number of nitrogens with zero attached hydrogens (tertiary/aromatic N) is 7. The van der Waals surface area contributed by atoms with Crippen molar-refractivity contribution in [3.63, 3.8) is 0 Å². The van der Waals surface area contributed by atoms with E-state index in [1.54, 1.807) is 18.3 Å². The van der Waals surface area contributed by atoms with Crippen LogP contribution in [0.5, 0.6) is 0 Å². The highest BCUT2D eigenvalue weighted by Crippen LogP contribution is 2.40. The molecule has 0 radical (unpaired) electrons. The maximum absolute atomic E-state index is 14.3. The number of hydrogen-bond donors (Lipinski definition) is 1. The monoisotopic (exact) mass is 574 g/mol. The quantitative estimate of drug-likeness (QED) is 0.314. The van der Waals surface area contributed by atoms with Gasteiger partial charge in [-0.25, -0.2) is 14.4 Å². The number of nitriles is 1. The Labute approximate surface area is 237 Å². The maximum Gasteiger partial charge on any atom is 0.265 e. The number of H-pyrrole nitrogens is 1. The molecule has 2 fully saturated rings. The molecule has 7 rings (SSSR count). The number of carbonyl (C=O) groups excluding carboxylic acids is 1. The van der Waals surface area contributed by atoms with Gasteiger partial charge >= 0.3 is 0 Å². The number of amides is 1. The molecule has 12 heteroatoms. The summed E-state index contributed by atoms with van der Waals surface area (Å²) in [4.78, 5) is 29.7. The van der Waals surface area contributed by atoms with Crippen LogP contribution < -0.4 is 0 Å². The molecule has 1 aromatic carbocycles. The molecule has 40 heavy (non-hydrogen) atoms. The highest BCUT2D eigenvalue weighted by atomic mass is 35.5. The molecule has 2 aliphatic rings. The molecule has 0 atom stereocenters. The average molecular weight is 575 g/mol. The van der Waals surface area contributed by atoms with Crippen molar-refractivity contribution in [2.75, 3.05) is 26.2 Å². The van der Waals surface area contributed by atoms with E-state index < -0.39 is 11.4 Å². The number of piperidine rings is 1. The molecule has 5 aromatic rings. The number of benzene rings is 1. The number of hydrogen-bond acceptors (Lipinski definition) is 7. The van der Waals surface area contributed by atoms with Crippen LogP contribution in [0, 0.1) is 17.1 Å². The lowest BCUT2D eigenvalue weighted by molar-refractivity contribution is -0.0412. The Bertz CT molecular complexity index is 1790. The van der Waals surface area contributed by atoms with Gasteiger partial charge in [-0.05, 0) is 31.0 Å². The molecule has 2 saturated heterocycles. The van der Waals surface area contributed by atoms with Gasteiger partial charge in [0, 0.05) is 65.7 Å². The largest absolute Gasteiger partial charge is 0.346 e. The molecule has 6 heterocycles. The van der Waals surface area contributed by atoms with Crippen molar-refractivity contribution in [3.05, 3.63) is 64.9 Å². The smallest absolute Gasteiger partial charge is 0.265 e. The predicted molar refractivity (Wildman–Crippen MR) is 151 cm³/mol. The summed E-state index contributed by atoms with van der Waals surface area (Å²) in [6, 6.07) is 9.39. The SMILES string of the molecule is N#CCC1(n2cc(-c3ncnc4[nH]ccc34)cn2)CN(C2CCN(C(=O)c3sc4cccc(F)c4c3Cl)CC2)C1. The summed E-state index contributed by atoms with van der Waals surface area (Å²) >= 11 is 7.68. The molecule has 0 spiro atoms. The lowest BCUT2D eigenvalue weighted by Gasteiger charge is -2.53. The first kappa shape index (κ1) is 25.1. The minimum absolute atomic E-state index is 0.142. The van der Waals surface area contributed by atoms with Crippen molar-refractivity contribution in [1.29, 1.82) is 5.26 Å². The first-order valence-corrected chi connectivity index (χ1v) is 14.3. The highest BCUT2D eigenvalue weighted by molar-refractivity contribution is 7.21. The summed E-state index contributed by atoms with van der Waals surface area (Å²) in [5, 5.41) is 15.7. The van der Waals surface area contributed by atoms with E-state index in [2.05, 4.69) is 31.0 Å². The van der Waals surface area contributed by atoms with Crippen molar-refractivity contribution in [2.24, 2.45) is 0 Å². The minimum atomic E-state index is -0.408. The third kappa shape index (κ3) is 3.98. The number of fused-ring (bicyclic) bond motifs is 2. The van der Waals surface area contributed by atoms with Gasteiger partial charge in [-0.3, -0.25) is 14.4 Å². The topological polar surface area (TPSA) is 107 Å². The Morgan fingerprint density at radius 3 is 2.85 bits per heavy atom. The highest BCUT2D eigenvalue weighted by Gasteiger charge is 2.48. The summed E-state index contributed by atoms with van der Waals surface area (Å²) in [5.41, 5.74) is 2.05. The first-order chi connectivity index (χ1) is 19.5. The molecule has 202 valence electrons. The standard InChI is InChI=1S/C28H24ClFN8OS/c29-23-22-20(30)2-1-3-21(22)40-25(23)27(39)36-10-5-18(6-11-36)37-14-28(15-37,7-8-31)38-13-17(12-35-38)24-19-4-9-32-26(19)34-16-33-24/h1-4,9,12-13,16,18H,5-7,10-11,14-15H2,(H,32,33,34). The lowest BCUT2D eigenvalue weighted by atomic mass is 9.84. The summed E-state index contributed by atoms with van der Waals surface area (Å²) in [7, 11) is 0. The fourth-order valence-corrected chi connectivity index (χ4v) is 7.57. The van der Waals surface area contributed by atoms with Crippen molar-refractivity contribution in [1.82, 2.24) is 34.5 Å². The van der Waals surface area contributed by atoms with Crippen molar-refractivity contribution in [3.8, 4) is 17.3 Å². The van der Waals surface area contributed by atoms with Gasteiger partial charge in [0.1, 0.15) is 28.2 Å². The van der Waals surface area contributed by atoms with E-state index in [1.165, 1.54) is 23.7 Å². The van der Waals surface area contributed by atoms with E-state index in [0.29, 0.717) is 53.6 Å². The fourth-order valence-electron chi connectivity index (χ4n) is 6.05. The molecule has 0 bridgehead atoms. The Morgan fingerprint density at radius 1 is 1.25 bits per heavy atom. The predicted octanol–water partition coefficient (Wildman–Crippen LogP) is 5.06. The number of likely N-dealkylation sites (tertiary alicyclic amines) is 2. The number of aromatic nitrogens is 5. The van der Waals surface area contributed by atoms with Crippen LogP contribution in [0.1, 0.15) is 28.9 Å². The van der Waals surface area contributed by atoms with Gasteiger partial charge in [0.2, 0.25) is 0 Å². The third-order valence-corrected chi connectivity index (χ3v) is 9.80. The van der Waals surface area contributed by atoms with E-state index in [0.717, 1.165) is 35.1 Å². The zero-order valence-electron chi connectivity index (χ0n) is 21.3. The summed E-state index contributed by atoms with van der Waals surface area (Å²) in [6.07, 6.45) is 9.14. The Hall–Kier alpha value is -3.85. The van der Waals surface area contributed by atoms with Gasteiger partial charge < -0.3 is 9.88 Å². The van der Waals surface area contributed by atoms with Crippen molar-refractivity contribution >= 4 is 50.0 Å². The number of nitrogens with one attached hydrogen (secondary N) is 1. The number of rotatable bonds is 5. The van der Waals surface area contributed by atoms with Crippen LogP contribution >= 0.6 is 22.9 Å². The van der Waals surface area contributed by atoms with E-state index in [1.807, 2.05) is 28.0 Å². The van der Waals surface area contributed by atoms with Crippen LogP contribution in [-0.4, -0.2) is 72.7 Å². The molecular formula is C28H24ClFN8OS. The number of aromatic amines is 1. The molecule has 4 aromatic heterocycles. The fraction of sp³-hybridized carbons (Fsp3) is 0.321. The van der Waals surface area contributed by atoms with Crippen molar-refractivity contribution in [2.45, 2.75) is 30.8 Å². The first-order valence-electron chi connectivity index (χ1n) is 13.1. The van der Waals surface area contributed by atoms with Gasteiger partial charge in [0.05, 0.1) is 29.4 Å². The Kier molecular flexibility index (Phi) is 6.07. The van der Waals surface area contributed by atoms with Crippen LogP contribution in [0.25, 0.3) is 32.4 Å². The summed E-state index contributed by atoms with van der Waals surface area (Å²) in [6.45, 7) is 2.63. The van der Waals surface area contributed by atoms with Crippen molar-refractivity contribution < 1.29 is 9.18 Å². The van der Waals surface area contributed by atoms with E-state index in [9.17, 15) is 14.4 Å². The zero-order valence-corrected chi connectivity index (χ0v) is 22.9. The molecule has 0 saturated carbocycles. The molecule has 1 N–H and O–H groups in total. The van der Waals surface area contributed by atoms with Gasteiger partial charge in [0.25, 0.3) is 5.91 Å². The number of thiophene rings is 1. The summed E-state index contributed by atoms with van der Waals surface area (Å²) < 4.78 is 16.9. The van der Waals surface area contributed by atoms with Crippen LogP contribution in [0.4, 0.5) is 4.39 Å². The molecular weight excluding hydrogens is 551 g/mol. The van der Waals surface area contributed by atoms with Crippen LogP contribution in [0.2, 0.25) is 5.02 Å². The van der Waals surface area contributed by atoms with Gasteiger partial charge in [-0.15, -0.1) is 11.3 Å². The van der Waals surface area contributed by atoms with E-state index >= 15 is 0 Å². The second kappa shape index (κ2) is 9.66. The molecule has 0 unspecified atom stereocenters. The molecule has 1 amide bonds. The number of carbonyl (C=O) groups is 1. The van der Waals surface area contributed by atoms with Crippen LogP contribution in [0.3, 0.4) is 0 Å². The van der Waals surface area contributed by atoms with E-state index in [4.69, 9.17) is 11.6 Å². The second-order valence-corrected chi connectivity index (χ2v) is 11.9. The van der Waals surface area contributed by atoms with Gasteiger partial charge in [0.15, 0.2) is 0 Å². The van der Waals surface area contributed by atoms with Crippen LogP contribution in [-0.2, 0) is 5.54 Å². The normalized spacial score (nSPS) is 17.8. The minimum Gasteiger partial charge on any atom is -0.346 e. The average Bonchev–Trinajstić information content (AvgIpc) is 3.70. The molecule has 0 aliphatic carbocycles. The zero-order chi connectivity index (χ0) is 27.4. The lowest BCUT2D eigenvalue weighted by Crippen LogP contribution is -2.66. The van der Waals surface area contributed by atoms with Gasteiger partial charge in [-0.2, -0.15) is 10.4 Å². The van der Waals surface area contributed by atoms with Crippen LogP contribution in [0.15, 0.2) is 49.2 Å².